The SMILES string of the molecule is C[C@@H](CN(C)C)NC(=O)c1cc(-c2ccccn2)c(N2CCOCC2)s1. The molecule has 1 N–H and O–H groups in total. The number of carbonyl (C=O) groups excluding carboxylic acids is 1. The van der Waals surface area contributed by atoms with Gasteiger partial charge in [-0.05, 0) is 39.2 Å². The molecule has 140 valence electrons. The molecule has 0 aliphatic carbocycles. The van der Waals surface area contributed by atoms with Gasteiger partial charge in [0.05, 0.1) is 23.8 Å². The number of likely N-dealkylation sites (N-methyl/N-ethyl adjacent to an activating group) is 1. The molecule has 1 amide bonds. The Balaban J connectivity index is 1.87. The topological polar surface area (TPSA) is 57.7 Å². The number of carbonyl (C=O) groups is 1. The largest absolute Gasteiger partial charge is 0.378 e. The molecular weight excluding hydrogens is 348 g/mol. The van der Waals surface area contributed by atoms with Crippen molar-refractivity contribution in [2.75, 3.05) is 51.8 Å². The van der Waals surface area contributed by atoms with Crippen molar-refractivity contribution in [2.24, 2.45) is 0 Å². The van der Waals surface area contributed by atoms with Gasteiger partial charge in [0.1, 0.15) is 5.00 Å². The Morgan fingerprint density at radius 2 is 2.15 bits per heavy atom. The van der Waals surface area contributed by atoms with Crippen LogP contribution in [-0.4, -0.2) is 68.8 Å². The van der Waals surface area contributed by atoms with Gasteiger partial charge in [0.15, 0.2) is 0 Å². The van der Waals surface area contributed by atoms with Crippen molar-refractivity contribution in [3.05, 3.63) is 35.3 Å². The number of thiophene rings is 1. The number of ether oxygens (including phenoxy) is 1. The van der Waals surface area contributed by atoms with E-state index in [0.717, 1.165) is 40.8 Å². The molecule has 2 aromatic rings. The Kier molecular flexibility index (Phi) is 6.24. The van der Waals surface area contributed by atoms with Crippen LogP contribution in [0.3, 0.4) is 0 Å². The molecule has 6 nitrogen and oxygen atoms in total. The van der Waals surface area contributed by atoms with E-state index >= 15 is 0 Å². The second-order valence-corrected chi connectivity index (χ2v) is 7.81. The van der Waals surface area contributed by atoms with Crippen LogP contribution in [0.1, 0.15) is 16.6 Å². The predicted octanol–water partition coefficient (Wildman–Crippen LogP) is 2.33. The molecule has 0 radical (unpaired) electrons. The normalized spacial score (nSPS) is 15.9. The summed E-state index contributed by atoms with van der Waals surface area (Å²) in [7, 11) is 4.01. The van der Waals surface area contributed by atoms with Crippen LogP contribution in [-0.2, 0) is 4.74 Å². The van der Waals surface area contributed by atoms with E-state index in [4.69, 9.17) is 4.74 Å². The Hall–Kier alpha value is -1.96. The van der Waals surface area contributed by atoms with E-state index in [-0.39, 0.29) is 11.9 Å². The number of hydrogen-bond donors (Lipinski definition) is 1. The molecule has 1 atom stereocenters. The van der Waals surface area contributed by atoms with Crippen molar-refractivity contribution in [3.8, 4) is 11.3 Å². The Morgan fingerprint density at radius 3 is 2.81 bits per heavy atom. The molecule has 0 unspecified atom stereocenters. The van der Waals surface area contributed by atoms with E-state index in [9.17, 15) is 4.79 Å². The summed E-state index contributed by atoms with van der Waals surface area (Å²) in [6.07, 6.45) is 1.79. The summed E-state index contributed by atoms with van der Waals surface area (Å²) in [5.41, 5.74) is 1.91. The molecule has 7 heteroatoms. The molecule has 2 aromatic heterocycles. The fourth-order valence-corrected chi connectivity index (χ4v) is 4.21. The van der Waals surface area contributed by atoms with Gasteiger partial charge in [-0.3, -0.25) is 9.78 Å². The number of pyridine rings is 1. The minimum atomic E-state index is -0.0268. The van der Waals surface area contributed by atoms with Gasteiger partial charge in [-0.25, -0.2) is 0 Å². The lowest BCUT2D eigenvalue weighted by atomic mass is 10.1. The Morgan fingerprint density at radius 1 is 1.38 bits per heavy atom. The number of morpholine rings is 1. The number of rotatable bonds is 6. The van der Waals surface area contributed by atoms with Crippen LogP contribution in [0.25, 0.3) is 11.3 Å². The molecule has 0 bridgehead atoms. The zero-order chi connectivity index (χ0) is 18.5. The Labute approximate surface area is 158 Å². The fraction of sp³-hybridized carbons (Fsp3) is 0.474. The van der Waals surface area contributed by atoms with Crippen LogP contribution in [0.4, 0.5) is 5.00 Å². The van der Waals surface area contributed by atoms with Crippen LogP contribution in [0.2, 0.25) is 0 Å². The summed E-state index contributed by atoms with van der Waals surface area (Å²) in [5, 5.41) is 4.18. The van der Waals surface area contributed by atoms with Crippen LogP contribution >= 0.6 is 11.3 Å². The predicted molar refractivity (Wildman–Crippen MR) is 106 cm³/mol. The lowest BCUT2D eigenvalue weighted by molar-refractivity contribution is 0.0938. The first kappa shape index (κ1) is 18.8. The highest BCUT2D eigenvalue weighted by atomic mass is 32.1. The third kappa shape index (κ3) is 4.60. The molecule has 1 fully saturated rings. The third-order valence-electron chi connectivity index (χ3n) is 4.19. The van der Waals surface area contributed by atoms with Gasteiger partial charge in [0.25, 0.3) is 5.91 Å². The first-order valence-electron chi connectivity index (χ1n) is 8.88. The molecule has 3 heterocycles. The molecule has 0 spiro atoms. The third-order valence-corrected chi connectivity index (χ3v) is 5.39. The van der Waals surface area contributed by atoms with Gasteiger partial charge in [0.2, 0.25) is 0 Å². The summed E-state index contributed by atoms with van der Waals surface area (Å²) in [6, 6.07) is 7.92. The number of nitrogens with one attached hydrogen (secondary N) is 1. The van der Waals surface area contributed by atoms with E-state index < -0.39 is 0 Å². The van der Waals surface area contributed by atoms with Crippen molar-refractivity contribution in [1.82, 2.24) is 15.2 Å². The maximum atomic E-state index is 12.7. The minimum Gasteiger partial charge on any atom is -0.378 e. The molecule has 1 aliphatic rings. The maximum Gasteiger partial charge on any atom is 0.261 e. The number of anilines is 1. The van der Waals surface area contributed by atoms with Gasteiger partial charge in [-0.15, -0.1) is 11.3 Å². The first-order valence-corrected chi connectivity index (χ1v) is 9.70. The van der Waals surface area contributed by atoms with Crippen molar-refractivity contribution >= 4 is 22.2 Å². The number of nitrogens with zero attached hydrogens (tertiary/aromatic N) is 3. The molecule has 0 saturated carbocycles. The fourth-order valence-electron chi connectivity index (χ4n) is 3.09. The van der Waals surface area contributed by atoms with Gasteiger partial charge in [-0.2, -0.15) is 0 Å². The lowest BCUT2D eigenvalue weighted by Crippen LogP contribution is -2.39. The molecule has 0 aromatic carbocycles. The van der Waals surface area contributed by atoms with Gasteiger partial charge >= 0.3 is 0 Å². The maximum absolute atomic E-state index is 12.7. The summed E-state index contributed by atoms with van der Waals surface area (Å²) in [4.78, 5) is 22.3. The summed E-state index contributed by atoms with van der Waals surface area (Å²) in [5.74, 6) is -0.0268. The second-order valence-electron chi connectivity index (χ2n) is 6.78. The molecule has 1 aliphatic heterocycles. The van der Waals surface area contributed by atoms with E-state index in [0.29, 0.717) is 13.2 Å². The lowest BCUT2D eigenvalue weighted by Gasteiger charge is -2.28. The van der Waals surface area contributed by atoms with E-state index in [2.05, 4.69) is 20.1 Å². The number of hydrogen-bond acceptors (Lipinski definition) is 6. The average Bonchev–Trinajstić information content (AvgIpc) is 3.08. The second kappa shape index (κ2) is 8.62. The van der Waals surface area contributed by atoms with E-state index in [1.807, 2.05) is 45.3 Å². The zero-order valence-corrected chi connectivity index (χ0v) is 16.4. The highest BCUT2D eigenvalue weighted by Gasteiger charge is 2.23. The van der Waals surface area contributed by atoms with Crippen LogP contribution in [0, 0.1) is 0 Å². The summed E-state index contributed by atoms with van der Waals surface area (Å²) >= 11 is 1.53. The van der Waals surface area contributed by atoms with Crippen molar-refractivity contribution in [2.45, 2.75) is 13.0 Å². The van der Waals surface area contributed by atoms with E-state index in [1.165, 1.54) is 11.3 Å². The molecule has 3 rings (SSSR count). The standard InChI is InChI=1S/C19H26N4O2S/c1-14(13-22(2)3)21-18(24)17-12-15(16-6-4-5-7-20-16)19(26-17)23-8-10-25-11-9-23/h4-7,12,14H,8-11,13H2,1-3H3,(H,21,24)/t14-/m0/s1. The van der Waals surface area contributed by atoms with Crippen molar-refractivity contribution in [3.63, 3.8) is 0 Å². The van der Waals surface area contributed by atoms with Gasteiger partial charge in [-0.1, -0.05) is 6.07 Å². The van der Waals surface area contributed by atoms with Crippen LogP contribution in [0.15, 0.2) is 30.5 Å². The van der Waals surface area contributed by atoms with Gasteiger partial charge in [0, 0.05) is 37.4 Å². The summed E-state index contributed by atoms with van der Waals surface area (Å²) in [6.45, 7) is 5.91. The molecule has 1 saturated heterocycles. The monoisotopic (exact) mass is 374 g/mol. The van der Waals surface area contributed by atoms with Gasteiger partial charge < -0.3 is 19.9 Å². The highest BCUT2D eigenvalue weighted by molar-refractivity contribution is 7.18. The first-order chi connectivity index (χ1) is 12.5. The number of amides is 1. The van der Waals surface area contributed by atoms with E-state index in [1.54, 1.807) is 6.20 Å². The quantitative estimate of drug-likeness (QED) is 0.841. The average molecular weight is 375 g/mol. The zero-order valence-electron chi connectivity index (χ0n) is 15.6. The molecule has 26 heavy (non-hydrogen) atoms. The smallest absolute Gasteiger partial charge is 0.261 e. The Bertz CT molecular complexity index is 726. The van der Waals surface area contributed by atoms with Crippen molar-refractivity contribution in [1.29, 1.82) is 0 Å². The highest BCUT2D eigenvalue weighted by Crippen LogP contribution is 2.38. The number of aromatic nitrogens is 1. The summed E-state index contributed by atoms with van der Waals surface area (Å²) < 4.78 is 5.47. The van der Waals surface area contributed by atoms with Crippen LogP contribution in [0.5, 0.6) is 0 Å². The molecular formula is C19H26N4O2S. The van der Waals surface area contributed by atoms with Crippen LogP contribution < -0.4 is 10.2 Å². The minimum absolute atomic E-state index is 0.0268. The van der Waals surface area contributed by atoms with Crippen molar-refractivity contribution < 1.29 is 9.53 Å².